The van der Waals surface area contributed by atoms with Gasteiger partial charge in [0.15, 0.2) is 0 Å². The van der Waals surface area contributed by atoms with E-state index in [-0.39, 0.29) is 17.1 Å². The molecule has 1 atom stereocenters. The van der Waals surface area contributed by atoms with Gasteiger partial charge in [0.25, 0.3) is 5.91 Å². The summed E-state index contributed by atoms with van der Waals surface area (Å²) in [5.41, 5.74) is 1.67. The number of benzene rings is 2. The monoisotopic (exact) mass is 464 g/mol. The number of nitrogens with zero attached hydrogens (tertiary/aromatic N) is 2. The number of rotatable bonds is 7. The molecule has 2 aromatic carbocycles. The molecule has 2 N–H and O–H groups in total. The lowest BCUT2D eigenvalue weighted by atomic mass is 10.2. The van der Waals surface area contributed by atoms with E-state index in [0.717, 1.165) is 15.2 Å². The number of carbonyl (C=O) groups excluding carboxylic acids is 2. The van der Waals surface area contributed by atoms with E-state index < -0.39 is 0 Å². The van der Waals surface area contributed by atoms with Crippen LogP contribution >= 0.6 is 23.1 Å². The Labute approximate surface area is 193 Å². The average molecular weight is 465 g/mol. The number of nitrogens with one attached hydrogen (secondary N) is 2. The van der Waals surface area contributed by atoms with E-state index in [1.54, 1.807) is 54.8 Å². The normalized spacial score (nSPS) is 11.7. The largest absolute Gasteiger partial charge is 0.495 e. The first kappa shape index (κ1) is 21.8. The molecule has 0 bridgehead atoms. The molecular formula is C23H20N4O3S2. The standard InChI is InChI=1S/C23H20N4O3S2/c1-14(32-23-17-11-12-31-22(17)24-13-25-23)20(28)26-16-9-7-15(8-10-16)21(29)27-18-5-3-4-6-19(18)30-2/h3-14H,1-2H3,(H,26,28)(H,27,29). The maximum atomic E-state index is 12.7. The van der Waals surface area contributed by atoms with Crippen molar-refractivity contribution in [2.45, 2.75) is 17.2 Å². The lowest BCUT2D eigenvalue weighted by Gasteiger charge is -2.13. The van der Waals surface area contributed by atoms with Gasteiger partial charge in [-0.05, 0) is 54.8 Å². The number of fused-ring (bicyclic) bond motifs is 1. The molecule has 4 aromatic rings. The number of hydrogen-bond donors (Lipinski definition) is 2. The molecule has 2 heterocycles. The zero-order valence-electron chi connectivity index (χ0n) is 17.4. The van der Waals surface area contributed by atoms with Crippen molar-refractivity contribution in [2.24, 2.45) is 0 Å². The first-order valence-corrected chi connectivity index (χ1v) is 11.5. The molecule has 2 aromatic heterocycles. The Bertz CT molecular complexity index is 1260. The zero-order valence-corrected chi connectivity index (χ0v) is 19.0. The van der Waals surface area contributed by atoms with Gasteiger partial charge < -0.3 is 15.4 Å². The maximum absolute atomic E-state index is 12.7. The van der Waals surface area contributed by atoms with Crippen LogP contribution in [0.3, 0.4) is 0 Å². The van der Waals surface area contributed by atoms with Crippen molar-refractivity contribution >= 4 is 56.5 Å². The first-order chi connectivity index (χ1) is 15.5. The molecule has 2 amide bonds. The number of amides is 2. The van der Waals surface area contributed by atoms with Gasteiger partial charge in [-0.1, -0.05) is 23.9 Å². The zero-order chi connectivity index (χ0) is 22.5. The number of methoxy groups -OCH3 is 1. The summed E-state index contributed by atoms with van der Waals surface area (Å²) in [6, 6.07) is 15.9. The van der Waals surface area contributed by atoms with Crippen LogP contribution in [-0.2, 0) is 4.79 Å². The van der Waals surface area contributed by atoms with E-state index in [4.69, 9.17) is 4.74 Å². The molecule has 0 aliphatic carbocycles. The molecule has 162 valence electrons. The van der Waals surface area contributed by atoms with Crippen LogP contribution in [0.1, 0.15) is 17.3 Å². The van der Waals surface area contributed by atoms with E-state index in [1.165, 1.54) is 18.1 Å². The van der Waals surface area contributed by atoms with Crippen molar-refractivity contribution in [1.29, 1.82) is 0 Å². The highest BCUT2D eigenvalue weighted by atomic mass is 32.2. The lowest BCUT2D eigenvalue weighted by molar-refractivity contribution is -0.115. The van der Waals surface area contributed by atoms with Crippen LogP contribution in [0.15, 0.2) is 71.3 Å². The summed E-state index contributed by atoms with van der Waals surface area (Å²) >= 11 is 2.93. The van der Waals surface area contributed by atoms with Crippen molar-refractivity contribution in [3.8, 4) is 5.75 Å². The van der Waals surface area contributed by atoms with Crippen molar-refractivity contribution in [3.05, 3.63) is 71.9 Å². The molecule has 0 radical (unpaired) electrons. The van der Waals surface area contributed by atoms with Crippen molar-refractivity contribution in [3.63, 3.8) is 0 Å². The average Bonchev–Trinajstić information content (AvgIpc) is 3.30. The highest BCUT2D eigenvalue weighted by molar-refractivity contribution is 8.00. The Morgan fingerprint density at radius 3 is 2.59 bits per heavy atom. The topological polar surface area (TPSA) is 93.2 Å². The number of hydrogen-bond acceptors (Lipinski definition) is 7. The molecule has 1 unspecified atom stereocenters. The fourth-order valence-electron chi connectivity index (χ4n) is 2.97. The summed E-state index contributed by atoms with van der Waals surface area (Å²) in [4.78, 5) is 34.6. The van der Waals surface area contributed by atoms with Gasteiger partial charge >= 0.3 is 0 Å². The molecule has 9 heteroatoms. The Hall–Kier alpha value is -3.43. The summed E-state index contributed by atoms with van der Waals surface area (Å²) in [6.45, 7) is 1.83. The Balaban J connectivity index is 1.38. The van der Waals surface area contributed by atoms with E-state index in [2.05, 4.69) is 20.6 Å². The molecular weight excluding hydrogens is 444 g/mol. The van der Waals surface area contributed by atoms with Gasteiger partial charge in [-0.25, -0.2) is 9.97 Å². The van der Waals surface area contributed by atoms with E-state index in [9.17, 15) is 9.59 Å². The number of anilines is 2. The van der Waals surface area contributed by atoms with Crippen LogP contribution in [0.25, 0.3) is 10.2 Å². The third-order valence-corrected chi connectivity index (χ3v) is 6.59. The molecule has 0 saturated heterocycles. The van der Waals surface area contributed by atoms with E-state index in [1.807, 2.05) is 30.5 Å². The van der Waals surface area contributed by atoms with Crippen molar-refractivity contribution < 1.29 is 14.3 Å². The molecule has 0 spiro atoms. The third kappa shape index (κ3) is 4.90. The van der Waals surface area contributed by atoms with Gasteiger partial charge in [-0.2, -0.15) is 0 Å². The predicted octanol–water partition coefficient (Wildman–Crippen LogP) is 5.07. The summed E-state index contributed by atoms with van der Waals surface area (Å²) < 4.78 is 5.26. The third-order valence-electron chi connectivity index (χ3n) is 4.65. The SMILES string of the molecule is COc1ccccc1NC(=O)c1ccc(NC(=O)C(C)Sc2ncnc3sccc23)cc1. The number of thioether (sulfide) groups is 1. The first-order valence-electron chi connectivity index (χ1n) is 9.75. The summed E-state index contributed by atoms with van der Waals surface area (Å²) in [5.74, 6) is 0.169. The van der Waals surface area contributed by atoms with Gasteiger partial charge in [-0.15, -0.1) is 11.3 Å². The molecule has 4 rings (SSSR count). The van der Waals surface area contributed by atoms with Crippen LogP contribution in [0.5, 0.6) is 5.75 Å². The number of carbonyl (C=O) groups is 2. The fraction of sp³-hybridized carbons (Fsp3) is 0.130. The maximum Gasteiger partial charge on any atom is 0.255 e. The predicted molar refractivity (Wildman–Crippen MR) is 129 cm³/mol. The highest BCUT2D eigenvalue weighted by Gasteiger charge is 2.18. The number of ether oxygens (including phenoxy) is 1. The van der Waals surface area contributed by atoms with Gasteiger partial charge in [0.1, 0.15) is 21.9 Å². The second-order valence-electron chi connectivity index (χ2n) is 6.80. The minimum Gasteiger partial charge on any atom is -0.495 e. The van der Waals surface area contributed by atoms with Crippen molar-refractivity contribution in [1.82, 2.24) is 9.97 Å². The van der Waals surface area contributed by atoms with Gasteiger partial charge in [0, 0.05) is 16.6 Å². The van der Waals surface area contributed by atoms with Crippen LogP contribution in [0.2, 0.25) is 0 Å². The number of aromatic nitrogens is 2. The second kappa shape index (κ2) is 9.80. The molecule has 0 fully saturated rings. The van der Waals surface area contributed by atoms with Gasteiger partial charge in [0.2, 0.25) is 5.91 Å². The molecule has 0 aliphatic rings. The lowest BCUT2D eigenvalue weighted by Crippen LogP contribution is -2.22. The van der Waals surface area contributed by atoms with E-state index in [0.29, 0.717) is 22.7 Å². The van der Waals surface area contributed by atoms with Gasteiger partial charge in [0.05, 0.1) is 18.0 Å². The van der Waals surface area contributed by atoms with Crippen LogP contribution in [0.4, 0.5) is 11.4 Å². The van der Waals surface area contributed by atoms with Gasteiger partial charge in [-0.3, -0.25) is 9.59 Å². The molecule has 0 aliphatic heterocycles. The van der Waals surface area contributed by atoms with E-state index >= 15 is 0 Å². The van der Waals surface area contributed by atoms with Crippen LogP contribution in [0, 0.1) is 0 Å². The molecule has 32 heavy (non-hydrogen) atoms. The fourth-order valence-corrected chi connectivity index (χ4v) is 4.67. The highest BCUT2D eigenvalue weighted by Crippen LogP contribution is 2.31. The van der Waals surface area contributed by atoms with Crippen LogP contribution < -0.4 is 15.4 Å². The Kier molecular flexibility index (Phi) is 6.67. The second-order valence-corrected chi connectivity index (χ2v) is 9.02. The smallest absolute Gasteiger partial charge is 0.255 e. The molecule has 7 nitrogen and oxygen atoms in total. The van der Waals surface area contributed by atoms with Crippen molar-refractivity contribution in [2.75, 3.05) is 17.7 Å². The minimum absolute atomic E-state index is 0.150. The van der Waals surface area contributed by atoms with Crippen LogP contribution in [-0.4, -0.2) is 34.1 Å². The summed E-state index contributed by atoms with van der Waals surface area (Å²) in [5, 5.41) is 9.05. The number of thiophene rings is 1. The number of para-hydroxylation sites is 2. The summed E-state index contributed by atoms with van der Waals surface area (Å²) in [6.07, 6.45) is 1.51. The Morgan fingerprint density at radius 2 is 1.81 bits per heavy atom. The minimum atomic E-state index is -0.360. The molecule has 0 saturated carbocycles. The Morgan fingerprint density at radius 1 is 1.03 bits per heavy atom. The summed E-state index contributed by atoms with van der Waals surface area (Å²) in [7, 11) is 1.55. The quantitative estimate of drug-likeness (QED) is 0.293.